The Morgan fingerprint density at radius 1 is 1.20 bits per heavy atom. The van der Waals surface area contributed by atoms with Crippen LogP contribution in [-0.4, -0.2) is 6.54 Å². The molecule has 0 spiro atoms. The molecule has 80 valence electrons. The van der Waals surface area contributed by atoms with Gasteiger partial charge in [-0.15, -0.1) is 0 Å². The highest BCUT2D eigenvalue weighted by atomic mass is 35.5. The maximum absolute atomic E-state index is 6.29. The van der Waals surface area contributed by atoms with Crippen molar-refractivity contribution in [3.05, 3.63) is 33.3 Å². The maximum Gasteiger partial charge on any atom is 0.0471 e. The lowest BCUT2D eigenvalue weighted by Crippen LogP contribution is -2.31. The molecule has 1 nitrogen and oxygen atoms in total. The van der Waals surface area contributed by atoms with E-state index in [0.29, 0.717) is 6.04 Å². The third-order valence-electron chi connectivity index (χ3n) is 3.34. The molecule has 1 aliphatic carbocycles. The van der Waals surface area contributed by atoms with Gasteiger partial charge in [0.25, 0.3) is 0 Å². The number of halogens is 2. The SMILES string of the molecule is Clc1cc(Cl)c2c(c1)CCNC2C1CC1. The third-order valence-corrected chi connectivity index (χ3v) is 3.87. The second kappa shape index (κ2) is 3.65. The molecule has 1 saturated carbocycles. The highest BCUT2D eigenvalue weighted by Gasteiger charge is 2.36. The zero-order valence-corrected chi connectivity index (χ0v) is 9.91. The van der Waals surface area contributed by atoms with Gasteiger partial charge in [0.15, 0.2) is 0 Å². The van der Waals surface area contributed by atoms with E-state index >= 15 is 0 Å². The lowest BCUT2D eigenvalue weighted by Gasteiger charge is -2.28. The van der Waals surface area contributed by atoms with Crippen LogP contribution in [0.2, 0.25) is 10.0 Å². The van der Waals surface area contributed by atoms with Gasteiger partial charge in [-0.3, -0.25) is 0 Å². The first-order chi connectivity index (χ1) is 7.25. The molecule has 15 heavy (non-hydrogen) atoms. The molecule has 1 heterocycles. The molecule has 1 unspecified atom stereocenters. The second-order valence-corrected chi connectivity index (χ2v) is 5.32. The Kier molecular flexibility index (Phi) is 2.42. The lowest BCUT2D eigenvalue weighted by atomic mass is 9.91. The summed E-state index contributed by atoms with van der Waals surface area (Å²) in [7, 11) is 0. The van der Waals surface area contributed by atoms with E-state index < -0.39 is 0 Å². The average molecular weight is 242 g/mol. The van der Waals surface area contributed by atoms with Crippen molar-refractivity contribution in [2.24, 2.45) is 5.92 Å². The van der Waals surface area contributed by atoms with Crippen LogP contribution in [0, 0.1) is 5.92 Å². The van der Waals surface area contributed by atoms with Gasteiger partial charge in [-0.05, 0) is 55.0 Å². The van der Waals surface area contributed by atoms with Gasteiger partial charge in [0.05, 0.1) is 0 Å². The van der Waals surface area contributed by atoms with Crippen LogP contribution in [0.25, 0.3) is 0 Å². The Balaban J connectivity index is 2.08. The number of benzene rings is 1. The van der Waals surface area contributed by atoms with E-state index in [-0.39, 0.29) is 0 Å². The molecule has 2 aliphatic rings. The number of hydrogen-bond acceptors (Lipinski definition) is 1. The standard InChI is InChI=1S/C12H13Cl2N/c13-9-5-8-3-4-15-12(7-1-2-7)11(8)10(14)6-9/h5-7,12,15H,1-4H2. The van der Waals surface area contributed by atoms with Crippen molar-refractivity contribution in [2.75, 3.05) is 6.54 Å². The third kappa shape index (κ3) is 1.77. The van der Waals surface area contributed by atoms with Crippen molar-refractivity contribution >= 4 is 23.2 Å². The summed E-state index contributed by atoms with van der Waals surface area (Å²) in [5.74, 6) is 0.794. The Labute approximate surface area is 99.8 Å². The molecule has 1 fully saturated rings. The molecule has 0 bridgehead atoms. The van der Waals surface area contributed by atoms with E-state index in [1.807, 2.05) is 6.07 Å². The summed E-state index contributed by atoms with van der Waals surface area (Å²) in [5, 5.41) is 5.16. The molecule has 1 atom stereocenters. The predicted octanol–water partition coefficient (Wildman–Crippen LogP) is 3.59. The van der Waals surface area contributed by atoms with Crippen molar-refractivity contribution < 1.29 is 0 Å². The molecule has 3 rings (SSSR count). The van der Waals surface area contributed by atoms with E-state index in [2.05, 4.69) is 11.4 Å². The largest absolute Gasteiger partial charge is 0.309 e. The Hall–Kier alpha value is -0.240. The van der Waals surface area contributed by atoms with Crippen molar-refractivity contribution in [2.45, 2.75) is 25.3 Å². The monoisotopic (exact) mass is 241 g/mol. The van der Waals surface area contributed by atoms with Gasteiger partial charge in [-0.1, -0.05) is 23.2 Å². The van der Waals surface area contributed by atoms with Crippen LogP contribution in [0.15, 0.2) is 12.1 Å². The summed E-state index contributed by atoms with van der Waals surface area (Å²) in [6.45, 7) is 1.05. The molecule has 3 heteroatoms. The van der Waals surface area contributed by atoms with Gasteiger partial charge >= 0.3 is 0 Å². The van der Waals surface area contributed by atoms with Gasteiger partial charge < -0.3 is 5.32 Å². The number of rotatable bonds is 1. The molecule has 0 aromatic heterocycles. The second-order valence-electron chi connectivity index (χ2n) is 4.48. The van der Waals surface area contributed by atoms with Crippen LogP contribution in [-0.2, 0) is 6.42 Å². The van der Waals surface area contributed by atoms with Crippen LogP contribution in [0.3, 0.4) is 0 Å². The molecule has 1 N–H and O–H groups in total. The Bertz CT molecular complexity index is 399. The summed E-state index contributed by atoms with van der Waals surface area (Å²) in [6.07, 6.45) is 3.70. The van der Waals surface area contributed by atoms with Gasteiger partial charge in [0, 0.05) is 16.1 Å². The molecule has 0 amide bonds. The van der Waals surface area contributed by atoms with Gasteiger partial charge in [0.2, 0.25) is 0 Å². The number of hydrogen-bond donors (Lipinski definition) is 1. The molecule has 0 radical (unpaired) electrons. The van der Waals surface area contributed by atoms with E-state index in [9.17, 15) is 0 Å². The minimum atomic E-state index is 0.471. The topological polar surface area (TPSA) is 12.0 Å². The van der Waals surface area contributed by atoms with E-state index in [1.54, 1.807) is 0 Å². The molecule has 1 aliphatic heterocycles. The van der Waals surface area contributed by atoms with Crippen LogP contribution < -0.4 is 5.32 Å². The van der Waals surface area contributed by atoms with Crippen LogP contribution in [0.4, 0.5) is 0 Å². The summed E-state index contributed by atoms with van der Waals surface area (Å²) < 4.78 is 0. The van der Waals surface area contributed by atoms with Crippen molar-refractivity contribution in [1.82, 2.24) is 5.32 Å². The fraction of sp³-hybridized carbons (Fsp3) is 0.500. The Morgan fingerprint density at radius 2 is 2.00 bits per heavy atom. The van der Waals surface area contributed by atoms with Gasteiger partial charge in [-0.2, -0.15) is 0 Å². The minimum Gasteiger partial charge on any atom is -0.309 e. The van der Waals surface area contributed by atoms with Gasteiger partial charge in [-0.25, -0.2) is 0 Å². The summed E-state index contributed by atoms with van der Waals surface area (Å²) >= 11 is 12.3. The summed E-state index contributed by atoms with van der Waals surface area (Å²) in [4.78, 5) is 0. The smallest absolute Gasteiger partial charge is 0.0471 e. The minimum absolute atomic E-state index is 0.471. The number of fused-ring (bicyclic) bond motifs is 1. The first-order valence-corrected chi connectivity index (χ1v) is 6.22. The molecular formula is C12H13Cl2N. The highest BCUT2D eigenvalue weighted by molar-refractivity contribution is 6.35. The van der Waals surface area contributed by atoms with Crippen LogP contribution in [0.5, 0.6) is 0 Å². The van der Waals surface area contributed by atoms with Crippen LogP contribution >= 0.6 is 23.2 Å². The zero-order chi connectivity index (χ0) is 10.4. The Morgan fingerprint density at radius 3 is 2.73 bits per heavy atom. The van der Waals surface area contributed by atoms with Crippen molar-refractivity contribution in [1.29, 1.82) is 0 Å². The molecular weight excluding hydrogens is 229 g/mol. The average Bonchev–Trinajstić information content (AvgIpc) is 2.99. The first-order valence-electron chi connectivity index (χ1n) is 5.47. The van der Waals surface area contributed by atoms with Crippen LogP contribution in [0.1, 0.15) is 30.0 Å². The summed E-state index contributed by atoms with van der Waals surface area (Å²) in [6, 6.07) is 4.40. The molecule has 0 saturated heterocycles. The van der Waals surface area contributed by atoms with Gasteiger partial charge in [0.1, 0.15) is 0 Å². The fourth-order valence-electron chi connectivity index (χ4n) is 2.49. The molecule has 1 aromatic rings. The first kappa shape index (κ1) is 9.95. The molecule has 1 aromatic carbocycles. The maximum atomic E-state index is 6.29. The van der Waals surface area contributed by atoms with E-state index in [4.69, 9.17) is 23.2 Å². The summed E-state index contributed by atoms with van der Waals surface area (Å²) in [5.41, 5.74) is 2.64. The number of nitrogens with one attached hydrogen (secondary N) is 1. The van der Waals surface area contributed by atoms with E-state index in [1.165, 1.54) is 24.0 Å². The lowest BCUT2D eigenvalue weighted by molar-refractivity contribution is 0.458. The quantitative estimate of drug-likeness (QED) is 0.793. The highest BCUT2D eigenvalue weighted by Crippen LogP contribution is 2.45. The fourth-order valence-corrected chi connectivity index (χ4v) is 3.14. The van der Waals surface area contributed by atoms with Crippen molar-refractivity contribution in [3.63, 3.8) is 0 Å². The zero-order valence-electron chi connectivity index (χ0n) is 8.39. The van der Waals surface area contributed by atoms with Crippen molar-refractivity contribution in [3.8, 4) is 0 Å². The van der Waals surface area contributed by atoms with E-state index in [0.717, 1.165) is 28.9 Å². The normalized spacial score (nSPS) is 25.1. The predicted molar refractivity (Wildman–Crippen MR) is 63.6 cm³/mol.